The molecule has 3 aromatic rings. The van der Waals surface area contributed by atoms with Gasteiger partial charge in [-0.1, -0.05) is 35.9 Å². The van der Waals surface area contributed by atoms with Gasteiger partial charge >= 0.3 is 0 Å². The zero-order chi connectivity index (χ0) is 17.3. The second-order valence-corrected chi connectivity index (χ2v) is 6.12. The quantitative estimate of drug-likeness (QED) is 0.775. The number of aliphatic hydroxyl groups is 1. The first kappa shape index (κ1) is 16.2. The summed E-state index contributed by atoms with van der Waals surface area (Å²) >= 11 is 0. The molecular formula is C19H21N3O2. The van der Waals surface area contributed by atoms with E-state index in [4.69, 9.17) is 0 Å². The summed E-state index contributed by atoms with van der Waals surface area (Å²) < 4.78 is 1.67. The van der Waals surface area contributed by atoms with Crippen molar-refractivity contribution in [3.05, 3.63) is 75.6 Å². The maximum Gasteiger partial charge on any atom is 0.254 e. The van der Waals surface area contributed by atoms with Crippen molar-refractivity contribution in [3.63, 3.8) is 0 Å². The molecule has 0 aliphatic rings. The lowest BCUT2D eigenvalue weighted by Crippen LogP contribution is -2.22. The van der Waals surface area contributed by atoms with Crippen LogP contribution in [0.5, 0.6) is 0 Å². The summed E-state index contributed by atoms with van der Waals surface area (Å²) in [6, 6.07) is 11.9. The standard InChI is InChI=1S/C19H21N3O2/c1-12-4-6-14(7-5-12)17-9-8-15(19(24)22(17)3)10-16-11-20-18(21-16)13(2)23/h4-9,11,13,23H,10H2,1-3H3,(H,20,21). The zero-order valence-electron chi connectivity index (χ0n) is 14.1. The van der Waals surface area contributed by atoms with E-state index in [9.17, 15) is 9.90 Å². The highest BCUT2D eigenvalue weighted by atomic mass is 16.3. The van der Waals surface area contributed by atoms with Gasteiger partial charge in [-0.15, -0.1) is 0 Å². The lowest BCUT2D eigenvalue weighted by Gasteiger charge is -2.10. The Kier molecular flexibility index (Phi) is 4.36. The Balaban J connectivity index is 1.92. The van der Waals surface area contributed by atoms with Gasteiger partial charge in [-0.2, -0.15) is 0 Å². The first-order valence-corrected chi connectivity index (χ1v) is 7.93. The molecule has 1 unspecified atom stereocenters. The average molecular weight is 323 g/mol. The van der Waals surface area contributed by atoms with Crippen molar-refractivity contribution < 1.29 is 5.11 Å². The van der Waals surface area contributed by atoms with E-state index >= 15 is 0 Å². The molecule has 2 heterocycles. The van der Waals surface area contributed by atoms with Crippen molar-refractivity contribution in [1.82, 2.24) is 14.5 Å². The van der Waals surface area contributed by atoms with Gasteiger partial charge in [0.2, 0.25) is 0 Å². The minimum Gasteiger partial charge on any atom is -0.385 e. The molecule has 24 heavy (non-hydrogen) atoms. The summed E-state index contributed by atoms with van der Waals surface area (Å²) in [6.07, 6.45) is 1.47. The van der Waals surface area contributed by atoms with Gasteiger partial charge in [0.05, 0.1) is 5.69 Å². The van der Waals surface area contributed by atoms with Crippen LogP contribution in [0.1, 0.15) is 35.7 Å². The fourth-order valence-corrected chi connectivity index (χ4v) is 2.72. The van der Waals surface area contributed by atoms with Crippen LogP contribution >= 0.6 is 0 Å². The minimum absolute atomic E-state index is 0.0266. The number of rotatable bonds is 4. The molecule has 3 rings (SSSR count). The molecule has 0 aliphatic heterocycles. The van der Waals surface area contributed by atoms with E-state index in [1.807, 2.05) is 43.3 Å². The lowest BCUT2D eigenvalue weighted by molar-refractivity contribution is 0.190. The number of H-pyrrole nitrogens is 1. The maximum absolute atomic E-state index is 12.7. The van der Waals surface area contributed by atoms with E-state index in [2.05, 4.69) is 9.97 Å². The summed E-state index contributed by atoms with van der Waals surface area (Å²) in [4.78, 5) is 19.8. The summed E-state index contributed by atoms with van der Waals surface area (Å²) in [5, 5.41) is 9.52. The molecule has 0 saturated heterocycles. The summed E-state index contributed by atoms with van der Waals surface area (Å²) in [5.74, 6) is 0.512. The van der Waals surface area contributed by atoms with E-state index in [1.165, 1.54) is 5.56 Å². The van der Waals surface area contributed by atoms with E-state index < -0.39 is 6.10 Å². The third kappa shape index (κ3) is 3.16. The van der Waals surface area contributed by atoms with E-state index in [0.29, 0.717) is 17.8 Å². The van der Waals surface area contributed by atoms with Gasteiger partial charge in [-0.3, -0.25) is 4.79 Å². The van der Waals surface area contributed by atoms with Crippen molar-refractivity contribution in [2.45, 2.75) is 26.4 Å². The molecule has 0 amide bonds. The molecule has 0 bridgehead atoms. The first-order chi connectivity index (χ1) is 11.5. The molecule has 0 saturated carbocycles. The van der Waals surface area contributed by atoms with Crippen LogP contribution in [-0.2, 0) is 13.5 Å². The van der Waals surface area contributed by atoms with Gasteiger partial charge in [0, 0.05) is 30.9 Å². The molecule has 5 nitrogen and oxygen atoms in total. The van der Waals surface area contributed by atoms with E-state index in [-0.39, 0.29) is 5.56 Å². The Bertz CT molecular complexity index is 905. The summed E-state index contributed by atoms with van der Waals surface area (Å²) in [5.41, 5.74) is 4.57. The number of nitrogens with zero attached hydrogens (tertiary/aromatic N) is 2. The molecule has 0 aliphatic carbocycles. The molecule has 124 valence electrons. The number of aromatic amines is 1. The van der Waals surface area contributed by atoms with Gasteiger partial charge in [0.25, 0.3) is 5.56 Å². The fourth-order valence-electron chi connectivity index (χ4n) is 2.72. The molecule has 0 radical (unpaired) electrons. The van der Waals surface area contributed by atoms with Gasteiger partial charge in [-0.25, -0.2) is 4.98 Å². The SMILES string of the molecule is Cc1ccc(-c2ccc(Cc3cnc(C(C)O)[nH]3)c(=O)n2C)cc1. The van der Waals surface area contributed by atoms with Gasteiger partial charge in [0.1, 0.15) is 11.9 Å². The molecule has 5 heteroatoms. The second-order valence-electron chi connectivity index (χ2n) is 6.12. The predicted octanol–water partition coefficient (Wildman–Crippen LogP) is 2.73. The van der Waals surface area contributed by atoms with Crippen LogP contribution in [0.2, 0.25) is 0 Å². The molecule has 2 N–H and O–H groups in total. The molecule has 2 aromatic heterocycles. The third-order valence-electron chi connectivity index (χ3n) is 4.16. The number of hydrogen-bond donors (Lipinski definition) is 2. The Morgan fingerprint density at radius 1 is 1.21 bits per heavy atom. The monoisotopic (exact) mass is 323 g/mol. The van der Waals surface area contributed by atoms with Crippen molar-refractivity contribution in [3.8, 4) is 11.3 Å². The second kappa shape index (κ2) is 6.45. The van der Waals surface area contributed by atoms with E-state index in [0.717, 1.165) is 17.0 Å². The zero-order valence-corrected chi connectivity index (χ0v) is 14.1. The maximum atomic E-state index is 12.7. The minimum atomic E-state index is -0.648. The number of nitrogens with one attached hydrogen (secondary N) is 1. The van der Waals surface area contributed by atoms with Crippen molar-refractivity contribution in [2.24, 2.45) is 7.05 Å². The van der Waals surface area contributed by atoms with Crippen LogP contribution in [-0.4, -0.2) is 19.6 Å². The fraction of sp³-hybridized carbons (Fsp3) is 0.263. The van der Waals surface area contributed by atoms with Crippen LogP contribution in [0.15, 0.2) is 47.4 Å². The van der Waals surface area contributed by atoms with Crippen LogP contribution in [0, 0.1) is 6.92 Å². The number of aromatic nitrogens is 3. The van der Waals surface area contributed by atoms with E-state index in [1.54, 1.807) is 24.7 Å². The van der Waals surface area contributed by atoms with Gasteiger partial charge < -0.3 is 14.7 Å². The number of hydrogen-bond acceptors (Lipinski definition) is 3. The number of pyridine rings is 1. The molecular weight excluding hydrogens is 302 g/mol. The van der Waals surface area contributed by atoms with Crippen LogP contribution in [0.25, 0.3) is 11.3 Å². The Hall–Kier alpha value is -2.66. The third-order valence-corrected chi connectivity index (χ3v) is 4.16. The van der Waals surface area contributed by atoms with Crippen molar-refractivity contribution >= 4 is 0 Å². The molecule has 0 spiro atoms. The van der Waals surface area contributed by atoms with Crippen molar-refractivity contribution in [1.29, 1.82) is 0 Å². The summed E-state index contributed by atoms with van der Waals surface area (Å²) in [6.45, 7) is 3.69. The van der Waals surface area contributed by atoms with Gasteiger partial charge in [-0.05, 0) is 25.5 Å². The molecule has 0 fully saturated rings. The average Bonchev–Trinajstić information content (AvgIpc) is 3.02. The van der Waals surface area contributed by atoms with Crippen LogP contribution in [0.4, 0.5) is 0 Å². The highest BCUT2D eigenvalue weighted by Crippen LogP contribution is 2.19. The Morgan fingerprint density at radius 3 is 2.54 bits per heavy atom. The lowest BCUT2D eigenvalue weighted by atomic mass is 10.1. The number of imidazole rings is 1. The van der Waals surface area contributed by atoms with Crippen LogP contribution < -0.4 is 5.56 Å². The Morgan fingerprint density at radius 2 is 1.92 bits per heavy atom. The summed E-state index contributed by atoms with van der Waals surface area (Å²) in [7, 11) is 1.79. The molecule has 1 aromatic carbocycles. The Labute approximate surface area is 140 Å². The largest absolute Gasteiger partial charge is 0.385 e. The van der Waals surface area contributed by atoms with Crippen LogP contribution in [0.3, 0.4) is 0 Å². The number of aliphatic hydroxyl groups excluding tert-OH is 1. The van der Waals surface area contributed by atoms with Gasteiger partial charge in [0.15, 0.2) is 0 Å². The highest BCUT2D eigenvalue weighted by Gasteiger charge is 2.11. The molecule has 1 atom stereocenters. The highest BCUT2D eigenvalue weighted by molar-refractivity contribution is 5.60. The number of aryl methyl sites for hydroxylation is 1. The first-order valence-electron chi connectivity index (χ1n) is 7.93. The predicted molar refractivity (Wildman–Crippen MR) is 93.9 cm³/mol. The topological polar surface area (TPSA) is 70.9 Å². The normalized spacial score (nSPS) is 12.3. The smallest absolute Gasteiger partial charge is 0.254 e. The number of benzene rings is 1. The van der Waals surface area contributed by atoms with Crippen molar-refractivity contribution in [2.75, 3.05) is 0 Å².